The highest BCUT2D eigenvalue weighted by Crippen LogP contribution is 2.29. The summed E-state index contributed by atoms with van der Waals surface area (Å²) in [5.74, 6) is 0.341. The van der Waals surface area contributed by atoms with Crippen LogP contribution in [0, 0.1) is 6.92 Å². The summed E-state index contributed by atoms with van der Waals surface area (Å²) in [4.78, 5) is 17.2. The van der Waals surface area contributed by atoms with Crippen LogP contribution in [0.1, 0.15) is 30.5 Å². The zero-order chi connectivity index (χ0) is 13.3. The fraction of sp³-hybridized carbons (Fsp3) is 0.385. The molecule has 0 saturated heterocycles. The van der Waals surface area contributed by atoms with Crippen LogP contribution in [0.15, 0.2) is 23.2 Å². The number of rotatable bonds is 3. The SMILES string of the molecule is CCCN1C(=O)N=C(N)C1c1ccc(C)c(Cl)c1. The Morgan fingerprint density at radius 3 is 2.83 bits per heavy atom. The number of nitrogens with two attached hydrogens (primary N) is 1. The van der Waals surface area contributed by atoms with Crippen molar-refractivity contribution >= 4 is 23.5 Å². The number of benzene rings is 1. The highest BCUT2D eigenvalue weighted by molar-refractivity contribution is 6.31. The number of carbonyl (C=O) groups is 1. The van der Waals surface area contributed by atoms with Crippen LogP contribution in [0.5, 0.6) is 0 Å². The highest BCUT2D eigenvalue weighted by atomic mass is 35.5. The maximum Gasteiger partial charge on any atom is 0.346 e. The topological polar surface area (TPSA) is 58.7 Å². The van der Waals surface area contributed by atoms with Gasteiger partial charge in [0, 0.05) is 11.6 Å². The van der Waals surface area contributed by atoms with E-state index in [1.165, 1.54) is 0 Å². The third-order valence-corrected chi connectivity index (χ3v) is 3.45. The summed E-state index contributed by atoms with van der Waals surface area (Å²) >= 11 is 6.12. The second-order valence-electron chi connectivity index (χ2n) is 4.42. The molecule has 2 rings (SSSR count). The fourth-order valence-corrected chi connectivity index (χ4v) is 2.29. The quantitative estimate of drug-likeness (QED) is 0.914. The molecule has 1 aromatic carbocycles. The van der Waals surface area contributed by atoms with Gasteiger partial charge < -0.3 is 10.6 Å². The minimum Gasteiger partial charge on any atom is -0.385 e. The maximum atomic E-state index is 11.7. The van der Waals surface area contributed by atoms with Crippen molar-refractivity contribution in [2.75, 3.05) is 6.54 Å². The molecular formula is C13H16ClN3O. The Morgan fingerprint density at radius 1 is 1.50 bits per heavy atom. The van der Waals surface area contributed by atoms with Gasteiger partial charge in [-0.25, -0.2) is 4.79 Å². The van der Waals surface area contributed by atoms with Gasteiger partial charge in [0.25, 0.3) is 0 Å². The number of nitrogens with zero attached hydrogens (tertiary/aromatic N) is 2. The van der Waals surface area contributed by atoms with Gasteiger partial charge in [0.15, 0.2) is 0 Å². The molecule has 5 heteroatoms. The molecule has 0 aromatic heterocycles. The zero-order valence-corrected chi connectivity index (χ0v) is 11.2. The van der Waals surface area contributed by atoms with Crippen LogP contribution in [0.2, 0.25) is 5.02 Å². The molecule has 0 radical (unpaired) electrons. The Bertz CT molecular complexity index is 513. The summed E-state index contributed by atoms with van der Waals surface area (Å²) in [6.07, 6.45) is 0.866. The summed E-state index contributed by atoms with van der Waals surface area (Å²) in [6.45, 7) is 4.59. The number of halogens is 1. The van der Waals surface area contributed by atoms with Crippen molar-refractivity contribution in [3.8, 4) is 0 Å². The first-order valence-corrected chi connectivity index (χ1v) is 6.33. The molecule has 1 aliphatic rings. The van der Waals surface area contributed by atoms with Gasteiger partial charge in [-0.05, 0) is 30.5 Å². The van der Waals surface area contributed by atoms with Crippen LogP contribution in [-0.2, 0) is 0 Å². The normalized spacial score (nSPS) is 19.3. The predicted molar refractivity (Wildman–Crippen MR) is 72.9 cm³/mol. The van der Waals surface area contributed by atoms with Crippen LogP contribution < -0.4 is 5.73 Å². The Hall–Kier alpha value is -1.55. The van der Waals surface area contributed by atoms with E-state index in [2.05, 4.69) is 4.99 Å². The Labute approximate surface area is 111 Å². The molecule has 1 heterocycles. The lowest BCUT2D eigenvalue weighted by Gasteiger charge is -2.24. The number of amidine groups is 1. The molecule has 0 bridgehead atoms. The second kappa shape index (κ2) is 4.98. The first kappa shape index (κ1) is 12.9. The smallest absolute Gasteiger partial charge is 0.346 e. The molecule has 0 spiro atoms. The van der Waals surface area contributed by atoms with Gasteiger partial charge in [0.1, 0.15) is 11.9 Å². The van der Waals surface area contributed by atoms with Gasteiger partial charge in [-0.1, -0.05) is 30.7 Å². The number of urea groups is 1. The third kappa shape index (κ3) is 2.20. The second-order valence-corrected chi connectivity index (χ2v) is 4.83. The van der Waals surface area contributed by atoms with Gasteiger partial charge in [-0.3, -0.25) is 0 Å². The van der Waals surface area contributed by atoms with E-state index in [0.717, 1.165) is 17.5 Å². The molecule has 4 nitrogen and oxygen atoms in total. The van der Waals surface area contributed by atoms with Crippen LogP contribution in [-0.4, -0.2) is 23.3 Å². The van der Waals surface area contributed by atoms with Gasteiger partial charge in [-0.15, -0.1) is 0 Å². The molecule has 18 heavy (non-hydrogen) atoms. The van der Waals surface area contributed by atoms with Crippen molar-refractivity contribution in [3.63, 3.8) is 0 Å². The number of hydrogen-bond donors (Lipinski definition) is 1. The summed E-state index contributed by atoms with van der Waals surface area (Å²) in [6, 6.07) is 5.17. The summed E-state index contributed by atoms with van der Waals surface area (Å²) in [5.41, 5.74) is 7.77. The van der Waals surface area contributed by atoms with E-state index in [1.807, 2.05) is 32.0 Å². The third-order valence-electron chi connectivity index (χ3n) is 3.04. The van der Waals surface area contributed by atoms with E-state index >= 15 is 0 Å². The van der Waals surface area contributed by atoms with Gasteiger partial charge in [0.05, 0.1) is 0 Å². The van der Waals surface area contributed by atoms with Crippen LogP contribution in [0.4, 0.5) is 4.79 Å². The van der Waals surface area contributed by atoms with E-state index in [0.29, 0.717) is 17.4 Å². The van der Waals surface area contributed by atoms with Crippen molar-refractivity contribution in [2.45, 2.75) is 26.3 Å². The predicted octanol–water partition coefficient (Wildman–Crippen LogP) is 2.89. The van der Waals surface area contributed by atoms with E-state index in [9.17, 15) is 4.79 Å². The molecular weight excluding hydrogens is 250 g/mol. The van der Waals surface area contributed by atoms with Crippen molar-refractivity contribution in [2.24, 2.45) is 10.7 Å². The summed E-state index contributed by atoms with van der Waals surface area (Å²) < 4.78 is 0. The molecule has 2 N–H and O–H groups in total. The maximum absolute atomic E-state index is 11.7. The van der Waals surface area contributed by atoms with Crippen LogP contribution in [0.3, 0.4) is 0 Å². The minimum absolute atomic E-state index is 0.268. The van der Waals surface area contributed by atoms with Crippen molar-refractivity contribution < 1.29 is 4.79 Å². The zero-order valence-electron chi connectivity index (χ0n) is 10.5. The van der Waals surface area contributed by atoms with Gasteiger partial charge in [0.2, 0.25) is 0 Å². The molecule has 0 fully saturated rings. The molecule has 0 aliphatic carbocycles. The first-order chi connectivity index (χ1) is 8.54. The Morgan fingerprint density at radius 2 is 2.22 bits per heavy atom. The van der Waals surface area contributed by atoms with Crippen molar-refractivity contribution in [1.82, 2.24) is 4.90 Å². The average molecular weight is 266 g/mol. The number of amides is 2. The number of aliphatic imine (C=N–C) groups is 1. The van der Waals surface area contributed by atoms with E-state index < -0.39 is 0 Å². The van der Waals surface area contributed by atoms with Crippen molar-refractivity contribution in [1.29, 1.82) is 0 Å². The highest BCUT2D eigenvalue weighted by Gasteiger charge is 2.33. The molecule has 1 atom stereocenters. The minimum atomic E-state index is -0.282. The van der Waals surface area contributed by atoms with Gasteiger partial charge in [-0.2, -0.15) is 4.99 Å². The number of hydrogen-bond acceptors (Lipinski definition) is 2. The molecule has 96 valence electrons. The molecule has 1 unspecified atom stereocenters. The van der Waals surface area contributed by atoms with Gasteiger partial charge >= 0.3 is 6.03 Å². The lowest BCUT2D eigenvalue weighted by molar-refractivity contribution is 0.206. The Kier molecular flexibility index (Phi) is 3.57. The Balaban J connectivity index is 2.37. The standard InChI is InChI=1S/C13H16ClN3O/c1-3-6-17-11(12(15)16-13(17)18)9-5-4-8(2)10(14)7-9/h4-5,7,11H,3,6H2,1-2H3,(H2,15,16,18). The largest absolute Gasteiger partial charge is 0.385 e. The summed E-state index contributed by atoms with van der Waals surface area (Å²) in [5, 5.41) is 0.677. The van der Waals surface area contributed by atoms with Crippen LogP contribution >= 0.6 is 11.6 Å². The first-order valence-electron chi connectivity index (χ1n) is 5.95. The molecule has 2 amide bonds. The van der Waals surface area contributed by atoms with E-state index in [-0.39, 0.29) is 12.1 Å². The van der Waals surface area contributed by atoms with Crippen molar-refractivity contribution in [3.05, 3.63) is 34.3 Å². The lowest BCUT2D eigenvalue weighted by atomic mass is 10.0. The molecule has 0 saturated carbocycles. The van der Waals surface area contributed by atoms with Crippen LogP contribution in [0.25, 0.3) is 0 Å². The monoisotopic (exact) mass is 265 g/mol. The lowest BCUT2D eigenvalue weighted by Crippen LogP contribution is -2.33. The number of aryl methyl sites for hydroxylation is 1. The van der Waals surface area contributed by atoms with E-state index in [4.69, 9.17) is 17.3 Å². The van der Waals surface area contributed by atoms with E-state index in [1.54, 1.807) is 4.90 Å². The number of carbonyl (C=O) groups excluding carboxylic acids is 1. The molecule has 1 aromatic rings. The molecule has 1 aliphatic heterocycles. The average Bonchev–Trinajstić information content (AvgIpc) is 2.59. The summed E-state index contributed by atoms with van der Waals surface area (Å²) in [7, 11) is 0. The fourth-order valence-electron chi connectivity index (χ4n) is 2.10.